The molecule has 2 aromatic heterocycles. The highest BCUT2D eigenvalue weighted by Gasteiger charge is 2.35. The van der Waals surface area contributed by atoms with Crippen LogP contribution in [0.1, 0.15) is 35.7 Å². The SMILES string of the molecule is COCCn1nc(C)cc1Nc1nccc(-c2cc(C#N)c3c(c2)[C@](C)(CO)CC3)n1.S. The van der Waals surface area contributed by atoms with Gasteiger partial charge in [-0.2, -0.15) is 23.9 Å². The minimum Gasteiger partial charge on any atom is -0.395 e. The Morgan fingerprint density at radius 3 is 2.88 bits per heavy atom. The monoisotopic (exact) mass is 452 g/mol. The molecule has 1 aromatic carbocycles. The summed E-state index contributed by atoms with van der Waals surface area (Å²) in [6.07, 6.45) is 3.33. The van der Waals surface area contributed by atoms with Gasteiger partial charge in [-0.1, -0.05) is 6.92 Å². The van der Waals surface area contributed by atoms with E-state index in [1.165, 1.54) is 0 Å². The third-order valence-corrected chi connectivity index (χ3v) is 5.90. The van der Waals surface area contributed by atoms with Crippen LogP contribution in [0.25, 0.3) is 11.3 Å². The van der Waals surface area contributed by atoms with Crippen molar-refractivity contribution >= 4 is 25.3 Å². The molecular formula is C23H28N6O2S. The summed E-state index contributed by atoms with van der Waals surface area (Å²) in [7, 11) is 1.66. The lowest BCUT2D eigenvalue weighted by atomic mass is 9.83. The van der Waals surface area contributed by atoms with E-state index < -0.39 is 0 Å². The molecule has 0 fully saturated rings. The lowest BCUT2D eigenvalue weighted by molar-refractivity contribution is 0.184. The average Bonchev–Trinajstić information content (AvgIpc) is 3.31. The van der Waals surface area contributed by atoms with Crippen molar-refractivity contribution in [1.82, 2.24) is 19.7 Å². The summed E-state index contributed by atoms with van der Waals surface area (Å²) >= 11 is 0. The van der Waals surface area contributed by atoms with E-state index in [1.807, 2.05) is 36.7 Å². The fourth-order valence-corrected chi connectivity index (χ4v) is 4.12. The number of anilines is 2. The zero-order chi connectivity index (χ0) is 22.0. The summed E-state index contributed by atoms with van der Waals surface area (Å²) in [5.74, 6) is 1.23. The number of aromatic nitrogens is 4. The Labute approximate surface area is 194 Å². The minimum atomic E-state index is -0.337. The molecule has 4 rings (SSSR count). The van der Waals surface area contributed by atoms with Crippen LogP contribution in [0.3, 0.4) is 0 Å². The van der Waals surface area contributed by atoms with Crippen LogP contribution in [0.15, 0.2) is 30.5 Å². The van der Waals surface area contributed by atoms with Gasteiger partial charge in [0.15, 0.2) is 0 Å². The summed E-state index contributed by atoms with van der Waals surface area (Å²) in [6.45, 7) is 5.18. The number of nitrogens with one attached hydrogen (secondary N) is 1. The van der Waals surface area contributed by atoms with Gasteiger partial charge in [-0.05, 0) is 49.1 Å². The van der Waals surface area contributed by atoms with Gasteiger partial charge >= 0.3 is 0 Å². The highest BCUT2D eigenvalue weighted by atomic mass is 32.1. The minimum absolute atomic E-state index is 0. The van der Waals surface area contributed by atoms with Gasteiger partial charge in [-0.15, -0.1) is 0 Å². The highest BCUT2D eigenvalue weighted by Crippen LogP contribution is 2.42. The van der Waals surface area contributed by atoms with E-state index in [4.69, 9.17) is 4.74 Å². The van der Waals surface area contributed by atoms with Crippen LogP contribution in [-0.4, -0.2) is 45.2 Å². The Hall–Kier alpha value is -2.93. The molecule has 168 valence electrons. The zero-order valence-corrected chi connectivity index (χ0v) is 19.5. The van der Waals surface area contributed by atoms with Crippen LogP contribution in [0.2, 0.25) is 0 Å². The van der Waals surface area contributed by atoms with Crippen molar-refractivity contribution in [3.05, 3.63) is 52.8 Å². The van der Waals surface area contributed by atoms with E-state index in [0.717, 1.165) is 41.0 Å². The van der Waals surface area contributed by atoms with Gasteiger partial charge in [0.1, 0.15) is 5.82 Å². The molecule has 0 aliphatic heterocycles. The molecule has 2 N–H and O–H groups in total. The Morgan fingerprint density at radius 1 is 1.34 bits per heavy atom. The van der Waals surface area contributed by atoms with E-state index >= 15 is 0 Å². The topological polar surface area (TPSA) is 109 Å². The number of nitriles is 1. The molecule has 0 amide bonds. The highest BCUT2D eigenvalue weighted by molar-refractivity contribution is 7.59. The smallest absolute Gasteiger partial charge is 0.228 e. The van der Waals surface area contributed by atoms with Gasteiger partial charge in [-0.3, -0.25) is 0 Å². The number of rotatable bonds is 7. The Kier molecular flexibility index (Phi) is 7.19. The van der Waals surface area contributed by atoms with E-state index in [1.54, 1.807) is 13.3 Å². The van der Waals surface area contributed by atoms with Crippen molar-refractivity contribution in [2.24, 2.45) is 0 Å². The quantitative estimate of drug-likeness (QED) is 0.566. The van der Waals surface area contributed by atoms with Crippen LogP contribution < -0.4 is 5.32 Å². The fraction of sp³-hybridized carbons (Fsp3) is 0.391. The first-order chi connectivity index (χ1) is 15.0. The van der Waals surface area contributed by atoms with E-state index in [0.29, 0.717) is 30.4 Å². The van der Waals surface area contributed by atoms with Crippen LogP contribution in [-0.2, 0) is 23.1 Å². The number of nitrogens with zero attached hydrogens (tertiary/aromatic N) is 5. The Bertz CT molecular complexity index is 1160. The lowest BCUT2D eigenvalue weighted by Gasteiger charge is -2.23. The summed E-state index contributed by atoms with van der Waals surface area (Å²) in [6, 6.07) is 10.0. The average molecular weight is 453 g/mol. The molecule has 9 heteroatoms. The van der Waals surface area contributed by atoms with Crippen LogP contribution in [0.4, 0.5) is 11.8 Å². The first-order valence-electron chi connectivity index (χ1n) is 10.3. The van der Waals surface area contributed by atoms with E-state index in [2.05, 4.69) is 32.5 Å². The third kappa shape index (κ3) is 4.48. The second-order valence-corrected chi connectivity index (χ2v) is 8.16. The number of hydrogen-bond donors (Lipinski definition) is 2. The largest absolute Gasteiger partial charge is 0.395 e. The number of benzene rings is 1. The maximum absolute atomic E-state index is 9.96. The summed E-state index contributed by atoms with van der Waals surface area (Å²) in [5, 5.41) is 27.4. The van der Waals surface area contributed by atoms with E-state index in [-0.39, 0.29) is 25.5 Å². The van der Waals surface area contributed by atoms with Crippen molar-refractivity contribution in [1.29, 1.82) is 5.26 Å². The van der Waals surface area contributed by atoms with Gasteiger partial charge in [-0.25, -0.2) is 14.6 Å². The molecule has 1 aliphatic rings. The maximum Gasteiger partial charge on any atom is 0.228 e. The van der Waals surface area contributed by atoms with Gasteiger partial charge in [0.05, 0.1) is 42.8 Å². The van der Waals surface area contributed by atoms with Crippen molar-refractivity contribution in [3.63, 3.8) is 0 Å². The molecule has 0 spiro atoms. The molecule has 0 unspecified atom stereocenters. The summed E-state index contributed by atoms with van der Waals surface area (Å²) in [4.78, 5) is 9.03. The molecule has 8 nitrogen and oxygen atoms in total. The van der Waals surface area contributed by atoms with Gasteiger partial charge < -0.3 is 15.2 Å². The molecule has 2 heterocycles. The van der Waals surface area contributed by atoms with Crippen molar-refractivity contribution < 1.29 is 9.84 Å². The molecule has 0 saturated heterocycles. The predicted molar refractivity (Wildman–Crippen MR) is 127 cm³/mol. The third-order valence-electron chi connectivity index (χ3n) is 5.90. The number of aliphatic hydroxyl groups excluding tert-OH is 1. The molecule has 0 bridgehead atoms. The van der Waals surface area contributed by atoms with Crippen LogP contribution in [0.5, 0.6) is 0 Å². The fourth-order valence-electron chi connectivity index (χ4n) is 4.12. The van der Waals surface area contributed by atoms with Gasteiger partial charge in [0.2, 0.25) is 5.95 Å². The molecule has 3 aromatic rings. The molecule has 0 radical (unpaired) electrons. The Morgan fingerprint density at radius 2 is 2.16 bits per heavy atom. The molecule has 1 atom stereocenters. The van der Waals surface area contributed by atoms with E-state index in [9.17, 15) is 10.4 Å². The predicted octanol–water partition coefficient (Wildman–Crippen LogP) is 3.22. The number of fused-ring (bicyclic) bond motifs is 1. The van der Waals surface area contributed by atoms with Crippen LogP contribution in [0, 0.1) is 18.3 Å². The molecule has 32 heavy (non-hydrogen) atoms. The summed E-state index contributed by atoms with van der Waals surface area (Å²) < 4.78 is 6.98. The standard InChI is InChI=1S/C23H26N6O2.H2S/c1-15-10-21(29(28-15)8-9-31-3)27-22-25-7-5-20(26-22)16-11-17(13-24)18-4-6-23(2,14-30)19(18)12-16;/h5,7,10-12,30H,4,6,8-9,14H2,1-3H3,(H,25,26,27);1H2/t23-;/m0./s1. The lowest BCUT2D eigenvalue weighted by Crippen LogP contribution is -2.23. The van der Waals surface area contributed by atoms with Crippen molar-refractivity contribution in [2.45, 2.75) is 38.6 Å². The number of ether oxygens (including phenoxy) is 1. The second kappa shape index (κ2) is 9.69. The first-order valence-corrected chi connectivity index (χ1v) is 10.3. The first kappa shape index (κ1) is 23.7. The Balaban J connectivity index is 0.00000289. The normalized spacial score (nSPS) is 16.8. The number of aryl methyl sites for hydroxylation is 1. The van der Waals surface area contributed by atoms with Gasteiger partial charge in [0, 0.05) is 30.4 Å². The molecule has 0 saturated carbocycles. The molecular weight excluding hydrogens is 424 g/mol. The second-order valence-electron chi connectivity index (χ2n) is 8.16. The van der Waals surface area contributed by atoms with Gasteiger partial charge in [0.25, 0.3) is 0 Å². The number of hydrogen-bond acceptors (Lipinski definition) is 7. The van der Waals surface area contributed by atoms with Crippen LogP contribution >= 0.6 is 13.5 Å². The molecule has 1 aliphatic carbocycles. The maximum atomic E-state index is 9.96. The summed E-state index contributed by atoms with van der Waals surface area (Å²) in [5.41, 5.74) is 4.81. The van der Waals surface area contributed by atoms with Crippen molar-refractivity contribution in [3.8, 4) is 17.3 Å². The number of aliphatic hydroxyl groups is 1. The number of methoxy groups -OCH3 is 1. The van der Waals surface area contributed by atoms with Crippen molar-refractivity contribution in [2.75, 3.05) is 25.6 Å². The zero-order valence-electron chi connectivity index (χ0n) is 18.5.